The van der Waals surface area contributed by atoms with Crippen molar-refractivity contribution in [1.29, 1.82) is 0 Å². The molecule has 7 nitrogen and oxygen atoms in total. The Balaban J connectivity index is 1.29. The molecule has 0 spiro atoms. The highest BCUT2D eigenvalue weighted by Crippen LogP contribution is 2.17. The van der Waals surface area contributed by atoms with Crippen molar-refractivity contribution in [2.75, 3.05) is 11.9 Å². The first-order valence-corrected chi connectivity index (χ1v) is 9.72. The number of amides is 2. The molecule has 0 aliphatic heterocycles. The van der Waals surface area contributed by atoms with E-state index in [1.807, 2.05) is 59.2 Å². The van der Waals surface area contributed by atoms with Crippen LogP contribution in [0.25, 0.3) is 16.9 Å². The second kappa shape index (κ2) is 9.00. The highest BCUT2D eigenvalue weighted by Gasteiger charge is 2.13. The van der Waals surface area contributed by atoms with Gasteiger partial charge in [0, 0.05) is 6.54 Å². The minimum atomic E-state index is -0.711. The van der Waals surface area contributed by atoms with Gasteiger partial charge in [0.2, 0.25) is 0 Å². The first-order valence-electron chi connectivity index (χ1n) is 9.72. The topological polar surface area (TPSA) is 88.9 Å². The van der Waals surface area contributed by atoms with Crippen LogP contribution in [0.2, 0.25) is 0 Å². The number of benzene rings is 2. The van der Waals surface area contributed by atoms with E-state index < -0.39 is 11.8 Å². The number of rotatable bonds is 6. The summed E-state index contributed by atoms with van der Waals surface area (Å²) < 4.78 is 1.86. The van der Waals surface area contributed by atoms with Crippen LogP contribution < -0.4 is 10.6 Å². The number of nitrogens with zero attached hydrogens (tertiary/aromatic N) is 3. The largest absolute Gasteiger partial charge is 0.348 e. The summed E-state index contributed by atoms with van der Waals surface area (Å²) in [6.07, 6.45) is 4.83. The van der Waals surface area contributed by atoms with Gasteiger partial charge in [0.15, 0.2) is 0 Å². The van der Waals surface area contributed by atoms with Crippen molar-refractivity contribution in [3.05, 3.63) is 84.8 Å². The standard InChI is InChI=1S/C23H21N5O2/c29-22(24-14-6-9-17-7-2-1-3-8-17)23(30)27-18-12-13-21(25-15-18)28-16-26-19-10-4-5-11-20(19)28/h1-5,7-8,10-13,15-16H,6,9,14H2,(H,24,29)(H,27,30). The van der Waals surface area contributed by atoms with E-state index in [9.17, 15) is 9.59 Å². The van der Waals surface area contributed by atoms with E-state index in [0.717, 1.165) is 23.9 Å². The van der Waals surface area contributed by atoms with Crippen LogP contribution in [0.3, 0.4) is 0 Å². The first kappa shape index (κ1) is 19.3. The lowest BCUT2D eigenvalue weighted by Gasteiger charge is -2.08. The fraction of sp³-hybridized carbons (Fsp3) is 0.130. The van der Waals surface area contributed by atoms with Gasteiger partial charge in [0.25, 0.3) is 0 Å². The minimum absolute atomic E-state index is 0.437. The normalized spacial score (nSPS) is 10.7. The van der Waals surface area contributed by atoms with Gasteiger partial charge in [-0.3, -0.25) is 14.2 Å². The summed E-state index contributed by atoms with van der Waals surface area (Å²) in [5.41, 5.74) is 3.47. The second-order valence-electron chi connectivity index (χ2n) is 6.81. The molecular formula is C23H21N5O2. The molecule has 2 aromatic heterocycles. The van der Waals surface area contributed by atoms with E-state index in [0.29, 0.717) is 18.1 Å². The molecule has 0 bridgehead atoms. The maximum Gasteiger partial charge on any atom is 0.313 e. The lowest BCUT2D eigenvalue weighted by Crippen LogP contribution is -2.36. The fourth-order valence-corrected chi connectivity index (χ4v) is 3.15. The Kier molecular flexibility index (Phi) is 5.80. The molecule has 2 N–H and O–H groups in total. The third-order valence-corrected chi connectivity index (χ3v) is 4.68. The van der Waals surface area contributed by atoms with Crippen molar-refractivity contribution in [1.82, 2.24) is 19.9 Å². The zero-order valence-electron chi connectivity index (χ0n) is 16.3. The van der Waals surface area contributed by atoms with Crippen molar-refractivity contribution in [2.24, 2.45) is 0 Å². The summed E-state index contributed by atoms with van der Waals surface area (Å²) in [4.78, 5) is 32.8. The van der Waals surface area contributed by atoms with E-state index in [-0.39, 0.29) is 0 Å². The number of nitrogens with one attached hydrogen (secondary N) is 2. The minimum Gasteiger partial charge on any atom is -0.348 e. The predicted octanol–water partition coefficient (Wildman–Crippen LogP) is 3.11. The van der Waals surface area contributed by atoms with Gasteiger partial charge >= 0.3 is 11.8 Å². The van der Waals surface area contributed by atoms with E-state index in [1.54, 1.807) is 18.5 Å². The van der Waals surface area contributed by atoms with Gasteiger partial charge in [-0.1, -0.05) is 42.5 Å². The number of aromatic nitrogens is 3. The molecule has 0 atom stereocenters. The number of hydrogen-bond acceptors (Lipinski definition) is 4. The van der Waals surface area contributed by atoms with Gasteiger partial charge in [0.05, 0.1) is 22.9 Å². The van der Waals surface area contributed by atoms with Crippen LogP contribution in [-0.2, 0) is 16.0 Å². The number of anilines is 1. The van der Waals surface area contributed by atoms with E-state index in [4.69, 9.17) is 0 Å². The van der Waals surface area contributed by atoms with Gasteiger partial charge < -0.3 is 10.6 Å². The van der Waals surface area contributed by atoms with Crippen molar-refractivity contribution in [2.45, 2.75) is 12.8 Å². The maximum absolute atomic E-state index is 12.1. The smallest absolute Gasteiger partial charge is 0.313 e. The average molecular weight is 399 g/mol. The lowest BCUT2D eigenvalue weighted by molar-refractivity contribution is -0.136. The third-order valence-electron chi connectivity index (χ3n) is 4.68. The van der Waals surface area contributed by atoms with Gasteiger partial charge in [-0.15, -0.1) is 0 Å². The molecule has 0 radical (unpaired) electrons. The molecule has 0 unspecified atom stereocenters. The molecule has 2 amide bonds. The van der Waals surface area contributed by atoms with Crippen LogP contribution in [0, 0.1) is 0 Å². The number of imidazole rings is 1. The molecule has 0 aliphatic rings. The van der Waals surface area contributed by atoms with Crippen molar-refractivity contribution >= 4 is 28.5 Å². The Morgan fingerprint density at radius 2 is 1.67 bits per heavy atom. The quantitative estimate of drug-likeness (QED) is 0.385. The number of fused-ring (bicyclic) bond motifs is 1. The third kappa shape index (κ3) is 4.52. The van der Waals surface area contributed by atoms with Gasteiger partial charge in [-0.25, -0.2) is 9.97 Å². The Hall–Kier alpha value is -4.00. The first-order chi connectivity index (χ1) is 14.7. The highest BCUT2D eigenvalue weighted by molar-refractivity contribution is 6.39. The number of carbonyl (C=O) groups is 2. The zero-order chi connectivity index (χ0) is 20.8. The molecular weight excluding hydrogens is 378 g/mol. The molecule has 150 valence electrons. The molecule has 0 saturated carbocycles. The zero-order valence-corrected chi connectivity index (χ0v) is 16.3. The Morgan fingerprint density at radius 3 is 2.47 bits per heavy atom. The Bertz CT molecular complexity index is 1150. The summed E-state index contributed by atoms with van der Waals surface area (Å²) in [6, 6.07) is 21.2. The number of carbonyl (C=O) groups excluding carboxylic acids is 2. The van der Waals surface area contributed by atoms with E-state index >= 15 is 0 Å². The second-order valence-corrected chi connectivity index (χ2v) is 6.81. The number of aryl methyl sites for hydroxylation is 1. The molecule has 4 rings (SSSR count). The molecule has 2 aromatic carbocycles. The number of hydrogen-bond donors (Lipinski definition) is 2. The van der Waals surface area contributed by atoms with Crippen molar-refractivity contribution in [3.8, 4) is 5.82 Å². The molecule has 0 saturated heterocycles. The molecule has 4 aromatic rings. The summed E-state index contributed by atoms with van der Waals surface area (Å²) in [5.74, 6) is -0.697. The van der Waals surface area contributed by atoms with Crippen molar-refractivity contribution < 1.29 is 9.59 Å². The van der Waals surface area contributed by atoms with Crippen LogP contribution in [-0.4, -0.2) is 32.9 Å². The van der Waals surface area contributed by atoms with Gasteiger partial charge in [-0.2, -0.15) is 0 Å². The highest BCUT2D eigenvalue weighted by atomic mass is 16.2. The maximum atomic E-state index is 12.1. The monoisotopic (exact) mass is 399 g/mol. The Labute approximate surface area is 173 Å². The fourth-order valence-electron chi connectivity index (χ4n) is 3.15. The number of pyridine rings is 1. The summed E-state index contributed by atoms with van der Waals surface area (Å²) in [7, 11) is 0. The van der Waals surface area contributed by atoms with Gasteiger partial charge in [-0.05, 0) is 42.7 Å². The Morgan fingerprint density at radius 1 is 0.867 bits per heavy atom. The predicted molar refractivity (Wildman–Crippen MR) is 115 cm³/mol. The molecule has 0 fully saturated rings. The summed E-state index contributed by atoms with van der Waals surface area (Å²) >= 11 is 0. The van der Waals surface area contributed by atoms with Crippen LogP contribution in [0.1, 0.15) is 12.0 Å². The van der Waals surface area contributed by atoms with Crippen LogP contribution in [0.5, 0.6) is 0 Å². The summed E-state index contributed by atoms with van der Waals surface area (Å²) in [6.45, 7) is 0.437. The van der Waals surface area contributed by atoms with E-state index in [2.05, 4.69) is 20.6 Å². The number of para-hydroxylation sites is 2. The summed E-state index contributed by atoms with van der Waals surface area (Å²) in [5, 5.41) is 5.21. The SMILES string of the molecule is O=C(NCCCc1ccccc1)C(=O)Nc1ccc(-n2cnc3ccccc32)nc1. The molecule has 2 heterocycles. The van der Waals surface area contributed by atoms with Crippen LogP contribution >= 0.6 is 0 Å². The average Bonchev–Trinajstić information content (AvgIpc) is 3.22. The lowest BCUT2D eigenvalue weighted by atomic mass is 10.1. The van der Waals surface area contributed by atoms with Crippen LogP contribution in [0.15, 0.2) is 79.3 Å². The molecule has 7 heteroatoms. The molecule has 30 heavy (non-hydrogen) atoms. The van der Waals surface area contributed by atoms with Gasteiger partial charge in [0.1, 0.15) is 12.1 Å². The van der Waals surface area contributed by atoms with Crippen molar-refractivity contribution in [3.63, 3.8) is 0 Å². The van der Waals surface area contributed by atoms with Crippen LogP contribution in [0.4, 0.5) is 5.69 Å². The van der Waals surface area contributed by atoms with E-state index in [1.165, 1.54) is 11.8 Å². The molecule has 0 aliphatic carbocycles.